The fourth-order valence-electron chi connectivity index (χ4n) is 2.54. The summed E-state index contributed by atoms with van der Waals surface area (Å²) in [5, 5.41) is 0. The van der Waals surface area contributed by atoms with Gasteiger partial charge in [-0.3, -0.25) is 0 Å². The molecule has 0 bridgehead atoms. The Bertz CT molecular complexity index is 471. The monoisotopic (exact) mass is 252 g/mol. The topological polar surface area (TPSA) is 0 Å². The van der Waals surface area contributed by atoms with Crippen LogP contribution >= 0.6 is 0 Å². The molecule has 0 aliphatic heterocycles. The molecular formula is C19H24. The molecule has 1 aromatic rings. The van der Waals surface area contributed by atoms with Crippen LogP contribution in [0.4, 0.5) is 0 Å². The SMILES string of the molecule is C=CC1=CC=C(CCc2ccc(CCC)cc2)CC1. The van der Waals surface area contributed by atoms with Gasteiger partial charge in [0.15, 0.2) is 0 Å². The molecule has 0 amide bonds. The average molecular weight is 252 g/mol. The van der Waals surface area contributed by atoms with E-state index in [2.05, 4.69) is 49.9 Å². The van der Waals surface area contributed by atoms with E-state index in [1.807, 2.05) is 6.08 Å². The van der Waals surface area contributed by atoms with Crippen LogP contribution in [-0.4, -0.2) is 0 Å². The Labute approximate surface area is 117 Å². The first-order chi connectivity index (χ1) is 9.31. The minimum atomic E-state index is 1.16. The Morgan fingerprint density at radius 3 is 2.16 bits per heavy atom. The van der Waals surface area contributed by atoms with Crippen molar-refractivity contribution in [2.24, 2.45) is 0 Å². The molecule has 1 aromatic carbocycles. The van der Waals surface area contributed by atoms with E-state index in [0.29, 0.717) is 0 Å². The molecule has 19 heavy (non-hydrogen) atoms. The van der Waals surface area contributed by atoms with Crippen molar-refractivity contribution in [2.75, 3.05) is 0 Å². The predicted molar refractivity (Wildman–Crippen MR) is 84.4 cm³/mol. The number of hydrogen-bond donors (Lipinski definition) is 0. The van der Waals surface area contributed by atoms with Crippen LogP contribution in [0.15, 0.2) is 60.2 Å². The molecule has 0 nitrogen and oxygen atoms in total. The highest BCUT2D eigenvalue weighted by Gasteiger charge is 2.04. The van der Waals surface area contributed by atoms with Gasteiger partial charge in [0, 0.05) is 0 Å². The predicted octanol–water partition coefficient (Wildman–Crippen LogP) is 5.40. The molecule has 1 aliphatic rings. The minimum Gasteiger partial charge on any atom is -0.0988 e. The van der Waals surface area contributed by atoms with Crippen LogP contribution in [0.1, 0.15) is 43.7 Å². The third-order valence-corrected chi connectivity index (χ3v) is 3.83. The van der Waals surface area contributed by atoms with Crippen LogP contribution in [0.5, 0.6) is 0 Å². The normalized spacial score (nSPS) is 14.8. The van der Waals surface area contributed by atoms with Crippen molar-refractivity contribution < 1.29 is 0 Å². The zero-order valence-electron chi connectivity index (χ0n) is 12.0. The lowest BCUT2D eigenvalue weighted by Gasteiger charge is -2.12. The zero-order valence-corrected chi connectivity index (χ0v) is 12.0. The van der Waals surface area contributed by atoms with E-state index >= 15 is 0 Å². The van der Waals surface area contributed by atoms with Gasteiger partial charge < -0.3 is 0 Å². The fourth-order valence-corrected chi connectivity index (χ4v) is 2.54. The first-order valence-corrected chi connectivity index (χ1v) is 7.40. The van der Waals surface area contributed by atoms with Crippen molar-refractivity contribution in [3.05, 3.63) is 71.3 Å². The summed E-state index contributed by atoms with van der Waals surface area (Å²) in [6.07, 6.45) is 13.6. The highest BCUT2D eigenvalue weighted by atomic mass is 14.1. The van der Waals surface area contributed by atoms with Crippen LogP contribution in [0.3, 0.4) is 0 Å². The van der Waals surface area contributed by atoms with Gasteiger partial charge in [-0.05, 0) is 48.8 Å². The second kappa shape index (κ2) is 7.13. The molecule has 0 fully saturated rings. The van der Waals surface area contributed by atoms with E-state index in [0.717, 1.165) is 12.8 Å². The van der Waals surface area contributed by atoms with Gasteiger partial charge in [0.2, 0.25) is 0 Å². The van der Waals surface area contributed by atoms with Crippen molar-refractivity contribution in [3.8, 4) is 0 Å². The molecule has 0 spiro atoms. The highest BCUT2D eigenvalue weighted by Crippen LogP contribution is 2.22. The number of benzene rings is 1. The molecule has 0 saturated carbocycles. The molecule has 0 atom stereocenters. The van der Waals surface area contributed by atoms with E-state index in [1.54, 1.807) is 5.57 Å². The summed E-state index contributed by atoms with van der Waals surface area (Å²) < 4.78 is 0. The van der Waals surface area contributed by atoms with E-state index < -0.39 is 0 Å². The van der Waals surface area contributed by atoms with Gasteiger partial charge in [0.1, 0.15) is 0 Å². The van der Waals surface area contributed by atoms with Crippen LogP contribution < -0.4 is 0 Å². The van der Waals surface area contributed by atoms with Gasteiger partial charge in [-0.15, -0.1) is 0 Å². The Balaban J connectivity index is 1.87. The third-order valence-electron chi connectivity index (χ3n) is 3.83. The molecule has 100 valence electrons. The molecule has 0 saturated heterocycles. The summed E-state index contributed by atoms with van der Waals surface area (Å²) in [6.45, 7) is 6.06. The van der Waals surface area contributed by atoms with Crippen molar-refractivity contribution >= 4 is 0 Å². The molecular weight excluding hydrogens is 228 g/mol. The van der Waals surface area contributed by atoms with Gasteiger partial charge in [-0.1, -0.05) is 68.0 Å². The molecule has 0 N–H and O–H groups in total. The Kier molecular flexibility index (Phi) is 5.20. The molecule has 0 radical (unpaired) electrons. The molecule has 0 heteroatoms. The van der Waals surface area contributed by atoms with Crippen LogP contribution in [0.25, 0.3) is 0 Å². The van der Waals surface area contributed by atoms with Gasteiger partial charge in [-0.25, -0.2) is 0 Å². The minimum absolute atomic E-state index is 1.16. The van der Waals surface area contributed by atoms with Crippen molar-refractivity contribution in [3.63, 3.8) is 0 Å². The molecule has 1 aliphatic carbocycles. The fraction of sp³-hybridized carbons (Fsp3) is 0.368. The quantitative estimate of drug-likeness (QED) is 0.635. The first-order valence-electron chi connectivity index (χ1n) is 7.40. The van der Waals surface area contributed by atoms with Gasteiger partial charge in [-0.2, -0.15) is 0 Å². The smallest absolute Gasteiger partial charge is 0.0241 e. The lowest BCUT2D eigenvalue weighted by Crippen LogP contribution is -1.95. The maximum Gasteiger partial charge on any atom is -0.0241 e. The standard InChI is InChI=1S/C19H24/c1-3-5-17-10-12-19(13-11-17)15-14-18-8-6-16(4-2)7-9-18/h4,6,8,10-13H,2-3,5,7,9,14-15H2,1H3. The van der Waals surface area contributed by atoms with E-state index in [1.165, 1.54) is 42.4 Å². The van der Waals surface area contributed by atoms with E-state index in [-0.39, 0.29) is 0 Å². The summed E-state index contributed by atoms with van der Waals surface area (Å²) in [4.78, 5) is 0. The van der Waals surface area contributed by atoms with Gasteiger partial charge in [0.05, 0.1) is 0 Å². The van der Waals surface area contributed by atoms with Gasteiger partial charge >= 0.3 is 0 Å². The Morgan fingerprint density at radius 2 is 1.63 bits per heavy atom. The maximum atomic E-state index is 3.83. The van der Waals surface area contributed by atoms with Crippen LogP contribution in [0.2, 0.25) is 0 Å². The first kappa shape index (κ1) is 13.9. The Morgan fingerprint density at radius 1 is 0.947 bits per heavy atom. The second-order valence-corrected chi connectivity index (χ2v) is 5.34. The summed E-state index contributed by atoms with van der Waals surface area (Å²) in [5.74, 6) is 0. The lowest BCUT2D eigenvalue weighted by atomic mass is 9.93. The lowest BCUT2D eigenvalue weighted by molar-refractivity contribution is 0.825. The molecule has 0 unspecified atom stereocenters. The van der Waals surface area contributed by atoms with Crippen molar-refractivity contribution in [2.45, 2.75) is 45.4 Å². The van der Waals surface area contributed by atoms with Crippen LogP contribution in [-0.2, 0) is 12.8 Å². The summed E-state index contributed by atoms with van der Waals surface area (Å²) in [6, 6.07) is 9.15. The Hall–Kier alpha value is -1.56. The largest absolute Gasteiger partial charge is 0.0988 e. The zero-order chi connectivity index (χ0) is 13.5. The van der Waals surface area contributed by atoms with Crippen molar-refractivity contribution in [1.29, 1.82) is 0 Å². The van der Waals surface area contributed by atoms with E-state index in [4.69, 9.17) is 0 Å². The summed E-state index contributed by atoms with van der Waals surface area (Å²) >= 11 is 0. The van der Waals surface area contributed by atoms with Crippen LogP contribution in [0, 0.1) is 0 Å². The average Bonchev–Trinajstić information content (AvgIpc) is 2.47. The number of allylic oxidation sites excluding steroid dienone is 5. The number of rotatable bonds is 6. The second-order valence-electron chi connectivity index (χ2n) is 5.34. The van der Waals surface area contributed by atoms with E-state index in [9.17, 15) is 0 Å². The highest BCUT2D eigenvalue weighted by molar-refractivity contribution is 5.30. The summed E-state index contributed by atoms with van der Waals surface area (Å²) in [5.41, 5.74) is 5.86. The van der Waals surface area contributed by atoms with Crippen molar-refractivity contribution in [1.82, 2.24) is 0 Å². The van der Waals surface area contributed by atoms with Gasteiger partial charge in [0.25, 0.3) is 0 Å². The number of hydrogen-bond acceptors (Lipinski definition) is 0. The number of aryl methyl sites for hydroxylation is 2. The molecule has 2 rings (SSSR count). The maximum absolute atomic E-state index is 3.83. The molecule has 0 aromatic heterocycles. The molecule has 0 heterocycles. The summed E-state index contributed by atoms with van der Waals surface area (Å²) in [7, 11) is 0. The third kappa shape index (κ3) is 4.24.